The Kier molecular flexibility index (Phi) is 11.2. The van der Waals surface area contributed by atoms with Gasteiger partial charge in [0.05, 0.1) is 0 Å². The van der Waals surface area contributed by atoms with Crippen LogP contribution in [-0.4, -0.2) is 52.1 Å². The molecule has 3 atom stereocenters. The Bertz CT molecular complexity index is 1080. The lowest BCUT2D eigenvalue weighted by atomic mass is 9.97. The number of carbonyl (C=O) groups excluding carboxylic acids is 3. The number of rotatable bonds is 11. The van der Waals surface area contributed by atoms with Crippen molar-refractivity contribution < 1.29 is 24.2 Å². The fourth-order valence-corrected chi connectivity index (χ4v) is 4.35. The van der Waals surface area contributed by atoms with Crippen LogP contribution in [-0.2, 0) is 20.7 Å². The lowest BCUT2D eigenvalue weighted by Crippen LogP contribution is -2.54. The number of aromatic hydroxyl groups is 1. The second kappa shape index (κ2) is 13.8. The van der Waals surface area contributed by atoms with Crippen molar-refractivity contribution in [3.05, 3.63) is 65.2 Å². The van der Waals surface area contributed by atoms with Crippen LogP contribution in [0.25, 0.3) is 0 Å². The average Bonchev–Trinajstić information content (AvgIpc) is 2.83. The molecule has 0 aromatic heterocycles. The number of hydrogen-bond acceptors (Lipinski definition) is 5. The van der Waals surface area contributed by atoms with Crippen molar-refractivity contribution in [1.82, 2.24) is 15.5 Å². The fourth-order valence-electron chi connectivity index (χ4n) is 4.35. The Morgan fingerprint density at radius 1 is 1.00 bits per heavy atom. The quantitative estimate of drug-likeness (QED) is 0.381. The van der Waals surface area contributed by atoms with Crippen LogP contribution in [0.2, 0.25) is 0 Å². The van der Waals surface area contributed by atoms with Crippen LogP contribution in [0.3, 0.4) is 0 Å². The predicted octanol–water partition coefficient (Wildman–Crippen LogP) is 5.03. The third-order valence-corrected chi connectivity index (χ3v) is 6.13. The molecule has 8 heteroatoms. The van der Waals surface area contributed by atoms with Gasteiger partial charge in [-0.25, -0.2) is 4.79 Å². The van der Waals surface area contributed by atoms with Gasteiger partial charge < -0.3 is 25.4 Å². The van der Waals surface area contributed by atoms with Crippen molar-refractivity contribution in [1.29, 1.82) is 0 Å². The molecule has 3 amide bonds. The third-order valence-electron chi connectivity index (χ3n) is 6.13. The molecule has 0 aliphatic rings. The van der Waals surface area contributed by atoms with Gasteiger partial charge >= 0.3 is 6.09 Å². The molecule has 2 aromatic rings. The molecule has 0 fully saturated rings. The van der Waals surface area contributed by atoms with Gasteiger partial charge in [-0.2, -0.15) is 0 Å². The monoisotopic (exact) mass is 525 g/mol. The Labute approximate surface area is 226 Å². The number of nitrogens with one attached hydrogen (secondary N) is 2. The number of phenolic OH excluding ortho intramolecular Hbond substituents is 1. The molecule has 0 radical (unpaired) electrons. The standard InChI is InChI=1S/C30H43N3O5/c1-8-14-21(4)31-27(35)25(23-18-13-15-20(3)26(23)34)33(9-2)28(36)24(19-22-16-11-10-12-17-22)32-29(37)38-30(5,6)7/h10-13,15-18,21,24-25,34H,8-9,14,19H2,1-7H3,(H,31,35)(H,32,37). The zero-order valence-corrected chi connectivity index (χ0v) is 23.7. The maximum absolute atomic E-state index is 14.1. The van der Waals surface area contributed by atoms with Gasteiger partial charge in [0, 0.05) is 24.6 Å². The van der Waals surface area contributed by atoms with Crippen LogP contribution in [0.15, 0.2) is 48.5 Å². The number of carbonyl (C=O) groups is 3. The summed E-state index contributed by atoms with van der Waals surface area (Å²) < 4.78 is 5.44. The van der Waals surface area contributed by atoms with E-state index in [2.05, 4.69) is 10.6 Å². The molecule has 0 aliphatic heterocycles. The van der Waals surface area contributed by atoms with E-state index in [0.717, 1.165) is 18.4 Å². The average molecular weight is 526 g/mol. The summed E-state index contributed by atoms with van der Waals surface area (Å²) in [5.74, 6) is -0.883. The van der Waals surface area contributed by atoms with Crippen LogP contribution in [0.5, 0.6) is 5.75 Å². The van der Waals surface area contributed by atoms with Gasteiger partial charge in [-0.05, 0) is 59.1 Å². The van der Waals surface area contributed by atoms with Crippen LogP contribution < -0.4 is 10.6 Å². The van der Waals surface area contributed by atoms with Crippen molar-refractivity contribution in [2.45, 2.75) is 91.5 Å². The van der Waals surface area contributed by atoms with Gasteiger partial charge in [0.1, 0.15) is 23.4 Å². The number of likely N-dealkylation sites (N-methyl/N-ethyl adjacent to an activating group) is 1. The summed E-state index contributed by atoms with van der Waals surface area (Å²) in [4.78, 5) is 41.9. The molecule has 0 spiro atoms. The van der Waals surface area contributed by atoms with E-state index in [4.69, 9.17) is 4.74 Å². The number of nitrogens with zero attached hydrogens (tertiary/aromatic N) is 1. The minimum atomic E-state index is -1.09. The van der Waals surface area contributed by atoms with E-state index < -0.39 is 35.6 Å². The van der Waals surface area contributed by atoms with E-state index in [9.17, 15) is 19.5 Å². The molecule has 0 heterocycles. The maximum atomic E-state index is 14.1. The molecule has 3 N–H and O–H groups in total. The first-order valence-corrected chi connectivity index (χ1v) is 13.3. The van der Waals surface area contributed by atoms with E-state index in [-0.39, 0.29) is 24.8 Å². The largest absolute Gasteiger partial charge is 0.507 e. The highest BCUT2D eigenvalue weighted by atomic mass is 16.6. The highest BCUT2D eigenvalue weighted by molar-refractivity contribution is 5.92. The van der Waals surface area contributed by atoms with Gasteiger partial charge in [0.15, 0.2) is 0 Å². The van der Waals surface area contributed by atoms with E-state index >= 15 is 0 Å². The first-order chi connectivity index (χ1) is 17.9. The number of hydrogen-bond donors (Lipinski definition) is 3. The van der Waals surface area contributed by atoms with Crippen molar-refractivity contribution in [3.63, 3.8) is 0 Å². The molecule has 3 unspecified atom stereocenters. The number of amides is 3. The van der Waals surface area contributed by atoms with Gasteiger partial charge in [-0.1, -0.05) is 61.9 Å². The van der Waals surface area contributed by atoms with Gasteiger partial charge in [0.2, 0.25) is 11.8 Å². The number of ether oxygens (including phenoxy) is 1. The van der Waals surface area contributed by atoms with Crippen LogP contribution in [0.1, 0.15) is 77.1 Å². The predicted molar refractivity (Wildman–Crippen MR) is 149 cm³/mol. The lowest BCUT2D eigenvalue weighted by molar-refractivity contribution is -0.142. The molecule has 208 valence electrons. The number of benzene rings is 2. The topological polar surface area (TPSA) is 108 Å². The van der Waals surface area contributed by atoms with Crippen molar-refractivity contribution in [3.8, 4) is 5.75 Å². The number of alkyl carbamates (subject to hydrolysis) is 1. The smallest absolute Gasteiger partial charge is 0.408 e. The zero-order chi connectivity index (χ0) is 28.5. The number of para-hydroxylation sites is 1. The van der Waals surface area contributed by atoms with Crippen LogP contribution in [0.4, 0.5) is 4.79 Å². The second-order valence-corrected chi connectivity index (χ2v) is 10.6. The van der Waals surface area contributed by atoms with E-state index in [1.54, 1.807) is 52.8 Å². The SMILES string of the molecule is CCCC(C)NC(=O)C(c1cccc(C)c1O)N(CC)C(=O)C(Cc1ccccc1)NC(=O)OC(C)(C)C. The van der Waals surface area contributed by atoms with Crippen LogP contribution in [0, 0.1) is 6.92 Å². The minimum absolute atomic E-state index is 0.0400. The van der Waals surface area contributed by atoms with Gasteiger partial charge in [0.25, 0.3) is 0 Å². The van der Waals surface area contributed by atoms with E-state index in [1.807, 2.05) is 44.2 Å². The molecule has 0 saturated heterocycles. The Morgan fingerprint density at radius 2 is 1.66 bits per heavy atom. The highest BCUT2D eigenvalue weighted by Gasteiger charge is 2.37. The fraction of sp³-hybridized carbons (Fsp3) is 0.500. The summed E-state index contributed by atoms with van der Waals surface area (Å²) in [6, 6.07) is 12.3. The maximum Gasteiger partial charge on any atom is 0.408 e. The normalized spacial score (nSPS) is 13.7. The van der Waals surface area contributed by atoms with Crippen molar-refractivity contribution >= 4 is 17.9 Å². The summed E-state index contributed by atoms with van der Waals surface area (Å²) in [6.07, 6.45) is 1.14. The summed E-state index contributed by atoms with van der Waals surface area (Å²) in [5.41, 5.74) is 1.02. The Morgan fingerprint density at radius 3 is 2.24 bits per heavy atom. The first kappa shape index (κ1) is 30.7. The number of aryl methyl sites for hydroxylation is 1. The third kappa shape index (κ3) is 8.78. The summed E-state index contributed by atoms with van der Waals surface area (Å²) in [7, 11) is 0. The summed E-state index contributed by atoms with van der Waals surface area (Å²) >= 11 is 0. The van der Waals surface area contributed by atoms with E-state index in [1.165, 1.54) is 4.90 Å². The molecule has 0 saturated carbocycles. The van der Waals surface area contributed by atoms with E-state index in [0.29, 0.717) is 11.1 Å². The van der Waals surface area contributed by atoms with Gasteiger partial charge in [-0.3, -0.25) is 9.59 Å². The summed E-state index contributed by atoms with van der Waals surface area (Å²) in [5, 5.41) is 16.6. The molecule has 2 aromatic carbocycles. The minimum Gasteiger partial charge on any atom is -0.507 e. The van der Waals surface area contributed by atoms with Gasteiger partial charge in [-0.15, -0.1) is 0 Å². The summed E-state index contributed by atoms with van der Waals surface area (Å²) in [6.45, 7) is 12.9. The zero-order valence-electron chi connectivity index (χ0n) is 23.7. The first-order valence-electron chi connectivity index (χ1n) is 13.3. The molecular weight excluding hydrogens is 482 g/mol. The molecule has 2 rings (SSSR count). The van der Waals surface area contributed by atoms with Crippen LogP contribution >= 0.6 is 0 Å². The number of phenols is 1. The van der Waals surface area contributed by atoms with Crippen molar-refractivity contribution in [2.24, 2.45) is 0 Å². The molecule has 0 aliphatic carbocycles. The Balaban J connectivity index is 2.51. The second-order valence-electron chi connectivity index (χ2n) is 10.6. The van der Waals surface area contributed by atoms with Crippen molar-refractivity contribution in [2.75, 3.05) is 6.54 Å². The molecule has 38 heavy (non-hydrogen) atoms. The Hall–Kier alpha value is -3.55. The highest BCUT2D eigenvalue weighted by Crippen LogP contribution is 2.32. The molecular formula is C30H43N3O5. The molecule has 0 bridgehead atoms. The lowest BCUT2D eigenvalue weighted by Gasteiger charge is -2.34. The molecule has 8 nitrogen and oxygen atoms in total.